The number of benzene rings is 9. The van der Waals surface area contributed by atoms with Gasteiger partial charge in [0.05, 0.1) is 22.4 Å². The fraction of sp³-hybridized carbons (Fsp3) is 0.286. The molecule has 8 heteroatoms. The number of halogens is 1. The first kappa shape index (κ1) is 64.0. The Balaban J connectivity index is 0.000000447. The van der Waals surface area contributed by atoms with Crippen LogP contribution in [0, 0.1) is 31.8 Å². The van der Waals surface area contributed by atoms with Crippen LogP contribution in [-0.2, 0) is 41.8 Å². The van der Waals surface area contributed by atoms with Gasteiger partial charge >= 0.3 is 0 Å². The minimum Gasteiger partial charge on any atom is -0.333 e. The number of pyridine rings is 1. The molecule has 0 atom stereocenters. The average molecular weight is 1390 g/mol. The molecule has 2 aliphatic heterocycles. The molecular weight excluding hydrogens is 1300 g/mol. The van der Waals surface area contributed by atoms with Crippen molar-refractivity contribution < 1.29 is 24.5 Å². The SMILES string of the molecule is CC(C)c1cccc(C(C)C)c1-n1c(-c2[c-]cc(-c3cc4c5c(c3)-n3c6ccc(C(C)(C)C)cc6c6cc(C(C)(C)C)cc(c63)B5c3cc(C(C)(C)C)ccc3N4c3ccc(C(C)(C)C)cc3)cc2)nc2ccccc21.Cc1cnc(-c2[c-]cc(F)cc2)cc1C.[Ir]. The molecule has 5 nitrogen and oxygen atoms in total. The molecule has 467 valence electrons. The molecule has 0 saturated carbocycles. The summed E-state index contributed by atoms with van der Waals surface area (Å²) < 4.78 is 17.7. The van der Waals surface area contributed by atoms with E-state index < -0.39 is 0 Å². The molecule has 5 heterocycles. The summed E-state index contributed by atoms with van der Waals surface area (Å²) in [6, 6.07) is 69.4. The van der Waals surface area contributed by atoms with Gasteiger partial charge in [0.15, 0.2) is 0 Å². The smallest absolute Gasteiger partial charge is 0.252 e. The van der Waals surface area contributed by atoms with Crippen molar-refractivity contribution in [1.82, 2.24) is 19.1 Å². The third kappa shape index (κ3) is 11.3. The van der Waals surface area contributed by atoms with Gasteiger partial charge in [-0.25, -0.2) is 0 Å². The standard InChI is InChI=1S/C71H74BN4.C13H11FN.Ir/c1-42(2)52-20-19-21-53(43(3)4)65(52)76-61-23-18-17-22-58(61)73-67(76)45-26-24-44(25-27-45)46-36-62-64-63(37-46)75-59-34-30-48(69(8,9)10)38-54(59)55-39-50(71(14,15)16)41-57(66(55)75)72(64)56-40-49(70(11,12)13)31-35-60(56)74(62)51-32-28-47(29-33-51)68(5,6)7;1-9-7-13(15-8-10(9)2)11-3-5-12(14)6-4-11;/h17-26,28-43H,1-16H3;3,5-8H,1-2H3;/q2*-1;. The van der Waals surface area contributed by atoms with Crippen LogP contribution in [0.2, 0.25) is 0 Å². The van der Waals surface area contributed by atoms with E-state index in [1.165, 1.54) is 112 Å². The Labute approximate surface area is 559 Å². The van der Waals surface area contributed by atoms with Gasteiger partial charge in [0.1, 0.15) is 0 Å². The van der Waals surface area contributed by atoms with E-state index in [-0.39, 0.29) is 54.3 Å². The van der Waals surface area contributed by atoms with E-state index in [0.717, 1.165) is 56.1 Å². The van der Waals surface area contributed by atoms with Crippen molar-refractivity contribution in [2.24, 2.45) is 0 Å². The van der Waals surface area contributed by atoms with Crippen molar-refractivity contribution in [3.05, 3.63) is 239 Å². The van der Waals surface area contributed by atoms with Crippen LogP contribution < -0.4 is 21.3 Å². The molecule has 1 radical (unpaired) electrons. The first-order chi connectivity index (χ1) is 43.0. The van der Waals surface area contributed by atoms with Gasteiger partial charge in [-0.15, -0.1) is 59.7 Å². The molecule has 92 heavy (non-hydrogen) atoms. The minimum absolute atomic E-state index is 0. The van der Waals surface area contributed by atoms with E-state index >= 15 is 0 Å². The predicted octanol–water partition coefficient (Wildman–Crippen LogP) is 20.6. The summed E-state index contributed by atoms with van der Waals surface area (Å²) in [5, 5.41) is 2.64. The van der Waals surface area contributed by atoms with Gasteiger partial charge in [0.2, 0.25) is 0 Å². The molecule has 0 amide bonds. The second-order valence-corrected chi connectivity index (χ2v) is 30.5. The summed E-state index contributed by atoms with van der Waals surface area (Å²) in [5.74, 6) is 1.29. The number of hydrogen-bond acceptors (Lipinski definition) is 3. The van der Waals surface area contributed by atoms with Crippen molar-refractivity contribution in [2.45, 2.75) is 158 Å². The van der Waals surface area contributed by atoms with Gasteiger partial charge in [-0.2, -0.15) is 0 Å². The first-order valence-corrected chi connectivity index (χ1v) is 32.7. The predicted molar refractivity (Wildman–Crippen MR) is 385 cm³/mol. The third-order valence-electron chi connectivity index (χ3n) is 19.2. The second kappa shape index (κ2) is 23.4. The summed E-state index contributed by atoms with van der Waals surface area (Å²) >= 11 is 0. The van der Waals surface area contributed by atoms with E-state index in [4.69, 9.17) is 4.98 Å². The molecule has 0 bridgehead atoms. The molecule has 0 unspecified atom stereocenters. The Hall–Kier alpha value is -8.16. The number of rotatable bonds is 7. The number of aryl methyl sites for hydroxylation is 2. The number of fused-ring (bicyclic) bond motifs is 8. The minimum atomic E-state index is -0.275. The normalized spacial score (nSPS) is 13.0. The van der Waals surface area contributed by atoms with Gasteiger partial charge in [-0.05, 0) is 169 Å². The zero-order valence-corrected chi connectivity index (χ0v) is 59.3. The van der Waals surface area contributed by atoms with Crippen LogP contribution in [0.25, 0.3) is 78.0 Å². The van der Waals surface area contributed by atoms with Crippen LogP contribution in [0.4, 0.5) is 21.5 Å². The van der Waals surface area contributed by atoms with Crippen LogP contribution in [0.15, 0.2) is 176 Å². The summed E-state index contributed by atoms with van der Waals surface area (Å²) in [5.41, 5.74) is 29.9. The van der Waals surface area contributed by atoms with E-state index in [2.05, 4.69) is 288 Å². The van der Waals surface area contributed by atoms with E-state index in [1.54, 1.807) is 6.07 Å². The number of imidazole rings is 1. The van der Waals surface area contributed by atoms with Crippen LogP contribution in [0.1, 0.15) is 167 Å². The number of para-hydroxylation sites is 3. The number of hydrogen-bond donors (Lipinski definition) is 0. The van der Waals surface area contributed by atoms with Gasteiger partial charge in [-0.1, -0.05) is 200 Å². The van der Waals surface area contributed by atoms with Gasteiger partial charge < -0.3 is 19.0 Å². The Morgan fingerprint density at radius 2 is 1.09 bits per heavy atom. The number of aromatic nitrogens is 4. The van der Waals surface area contributed by atoms with E-state index in [9.17, 15) is 4.39 Å². The Morgan fingerprint density at radius 3 is 1.71 bits per heavy atom. The quantitative estimate of drug-likeness (QED) is 0.118. The van der Waals surface area contributed by atoms with Crippen molar-refractivity contribution in [3.8, 4) is 45.1 Å². The molecular formula is C84H85BFIrN5-2. The zero-order chi connectivity index (χ0) is 64.5. The molecule has 0 spiro atoms. The summed E-state index contributed by atoms with van der Waals surface area (Å²) in [6.45, 7) is 41.3. The van der Waals surface area contributed by atoms with E-state index in [1.807, 2.05) is 26.1 Å². The molecule has 14 rings (SSSR count). The van der Waals surface area contributed by atoms with Crippen molar-refractivity contribution in [3.63, 3.8) is 0 Å². The Kier molecular flexibility index (Phi) is 16.3. The Bertz CT molecular complexity index is 4800. The first-order valence-electron chi connectivity index (χ1n) is 32.7. The fourth-order valence-electron chi connectivity index (χ4n) is 13.7. The molecule has 0 saturated heterocycles. The third-order valence-corrected chi connectivity index (χ3v) is 19.2. The maximum absolute atomic E-state index is 12.7. The maximum atomic E-state index is 12.7. The molecule has 3 aromatic heterocycles. The average Bonchev–Trinajstić information content (AvgIpc) is 1.36. The van der Waals surface area contributed by atoms with Gasteiger partial charge in [0.25, 0.3) is 6.71 Å². The molecule has 9 aromatic carbocycles. The van der Waals surface area contributed by atoms with Crippen LogP contribution in [0.3, 0.4) is 0 Å². The summed E-state index contributed by atoms with van der Waals surface area (Å²) in [4.78, 5) is 12.3. The number of nitrogens with zero attached hydrogens (tertiary/aromatic N) is 5. The summed E-state index contributed by atoms with van der Waals surface area (Å²) in [7, 11) is 0. The molecule has 0 N–H and O–H groups in total. The topological polar surface area (TPSA) is 38.9 Å². The van der Waals surface area contributed by atoms with Crippen LogP contribution in [-0.4, -0.2) is 25.8 Å². The zero-order valence-electron chi connectivity index (χ0n) is 56.9. The van der Waals surface area contributed by atoms with Gasteiger partial charge in [-0.3, -0.25) is 9.37 Å². The number of anilines is 3. The summed E-state index contributed by atoms with van der Waals surface area (Å²) in [6.07, 6.45) is 1.82. The molecule has 0 fully saturated rings. The van der Waals surface area contributed by atoms with Crippen molar-refractivity contribution in [1.29, 1.82) is 0 Å². The van der Waals surface area contributed by atoms with Crippen LogP contribution >= 0.6 is 0 Å². The van der Waals surface area contributed by atoms with Gasteiger partial charge in [0, 0.05) is 76.8 Å². The monoisotopic (exact) mass is 1390 g/mol. The molecule has 12 aromatic rings. The fourth-order valence-corrected chi connectivity index (χ4v) is 13.7. The largest absolute Gasteiger partial charge is 0.333 e. The molecule has 2 aliphatic rings. The van der Waals surface area contributed by atoms with E-state index in [0.29, 0.717) is 11.8 Å². The molecule has 0 aliphatic carbocycles. The van der Waals surface area contributed by atoms with Crippen molar-refractivity contribution >= 4 is 73.0 Å². The van der Waals surface area contributed by atoms with Crippen molar-refractivity contribution in [2.75, 3.05) is 4.90 Å². The second-order valence-electron chi connectivity index (χ2n) is 30.5. The Morgan fingerprint density at radius 1 is 0.489 bits per heavy atom. The van der Waals surface area contributed by atoms with Crippen LogP contribution in [0.5, 0.6) is 0 Å². The maximum Gasteiger partial charge on any atom is 0.252 e.